The number of hydrogen-bond donors (Lipinski definition) is 2. The average Bonchev–Trinajstić information content (AvgIpc) is 2.90. The van der Waals surface area contributed by atoms with Gasteiger partial charge in [-0.15, -0.1) is 23.1 Å². The van der Waals surface area contributed by atoms with E-state index in [1.54, 1.807) is 0 Å². The van der Waals surface area contributed by atoms with Gasteiger partial charge in [0.05, 0.1) is 11.3 Å². The Morgan fingerprint density at radius 2 is 2.04 bits per heavy atom. The number of amides is 1. The van der Waals surface area contributed by atoms with Crippen LogP contribution in [0.1, 0.15) is 54.8 Å². The third kappa shape index (κ3) is 4.27. The maximum Gasteiger partial charge on any atom is 0.235 e. The highest BCUT2D eigenvalue weighted by atomic mass is 32.2. The summed E-state index contributed by atoms with van der Waals surface area (Å²) in [6.07, 6.45) is 0.776. The fourth-order valence-corrected chi connectivity index (χ4v) is 6.05. The molecule has 1 aromatic carbocycles. The summed E-state index contributed by atoms with van der Waals surface area (Å²) in [6.45, 7) is 12.7. The van der Waals surface area contributed by atoms with E-state index in [0.29, 0.717) is 16.3 Å². The van der Waals surface area contributed by atoms with E-state index in [1.165, 1.54) is 34.2 Å². The number of fused-ring (bicyclic) bond motifs is 1. The highest BCUT2D eigenvalue weighted by molar-refractivity contribution is 8.00. The summed E-state index contributed by atoms with van der Waals surface area (Å²) in [6, 6.07) is 8.58. The molecule has 1 aliphatic heterocycles. The van der Waals surface area contributed by atoms with Crippen molar-refractivity contribution in [2.24, 2.45) is 0 Å². The number of thioether (sulfide) groups is 1. The predicted octanol–water partition coefficient (Wildman–Crippen LogP) is 5.13. The normalized spacial score (nSPS) is 16.9. The number of hydrogen-bond acceptors (Lipinski definition) is 5. The number of aryl methyl sites for hydroxylation is 2. The van der Waals surface area contributed by atoms with Gasteiger partial charge >= 0.3 is 0 Å². The van der Waals surface area contributed by atoms with E-state index < -0.39 is 0 Å². The lowest BCUT2D eigenvalue weighted by atomic mass is 9.81. The molecule has 2 heterocycles. The first-order chi connectivity index (χ1) is 13.0. The Bertz CT molecular complexity index is 967. The molecule has 3 rings (SSSR count). The molecule has 0 spiro atoms. The summed E-state index contributed by atoms with van der Waals surface area (Å²) in [5.74, 6) is 0.245. The van der Waals surface area contributed by atoms with Gasteiger partial charge in [0, 0.05) is 20.9 Å². The fraction of sp³-hybridized carbons (Fsp3) is 0.455. The molecule has 0 aliphatic carbocycles. The van der Waals surface area contributed by atoms with Gasteiger partial charge in [-0.1, -0.05) is 17.7 Å². The van der Waals surface area contributed by atoms with Crippen LogP contribution >= 0.6 is 23.1 Å². The van der Waals surface area contributed by atoms with Gasteiger partial charge in [0.1, 0.15) is 11.1 Å². The van der Waals surface area contributed by atoms with E-state index in [4.69, 9.17) is 0 Å². The van der Waals surface area contributed by atoms with E-state index >= 15 is 0 Å². The minimum Gasteiger partial charge on any atom is -0.316 e. The Balaban J connectivity index is 1.79. The summed E-state index contributed by atoms with van der Waals surface area (Å²) in [7, 11) is 0. The molecule has 6 heteroatoms. The first kappa shape index (κ1) is 20.9. The molecule has 0 atom stereocenters. The second-order valence-electron chi connectivity index (χ2n) is 8.64. The van der Waals surface area contributed by atoms with Gasteiger partial charge in [-0.05, 0) is 65.2 Å². The minimum atomic E-state index is -0.232. The Hall–Kier alpha value is -1.81. The molecule has 148 valence electrons. The predicted molar refractivity (Wildman–Crippen MR) is 118 cm³/mol. The molecule has 0 bridgehead atoms. The molecule has 28 heavy (non-hydrogen) atoms. The van der Waals surface area contributed by atoms with Crippen LogP contribution in [0.15, 0.2) is 23.1 Å². The van der Waals surface area contributed by atoms with Gasteiger partial charge in [0.25, 0.3) is 0 Å². The largest absolute Gasteiger partial charge is 0.316 e. The van der Waals surface area contributed by atoms with Crippen LogP contribution in [0.3, 0.4) is 0 Å². The first-order valence-electron chi connectivity index (χ1n) is 9.38. The van der Waals surface area contributed by atoms with E-state index in [1.807, 2.05) is 0 Å². The lowest BCUT2D eigenvalue weighted by molar-refractivity contribution is -0.113. The molecule has 0 radical (unpaired) electrons. The van der Waals surface area contributed by atoms with Gasteiger partial charge in [-0.25, -0.2) is 0 Å². The van der Waals surface area contributed by atoms with Crippen molar-refractivity contribution in [3.8, 4) is 6.07 Å². The Labute approximate surface area is 175 Å². The molecule has 0 unspecified atom stereocenters. The SMILES string of the molecule is Cc1ccc(SCC(=O)Nc2sc3c(c2C#N)CC(C)(C)NC3(C)C)c(C)c1. The van der Waals surface area contributed by atoms with Crippen LogP contribution in [0.5, 0.6) is 0 Å². The van der Waals surface area contributed by atoms with Gasteiger partial charge in [0.2, 0.25) is 5.91 Å². The van der Waals surface area contributed by atoms with Crippen LogP contribution < -0.4 is 10.6 Å². The smallest absolute Gasteiger partial charge is 0.235 e. The second-order valence-corrected chi connectivity index (χ2v) is 10.7. The molecule has 0 saturated carbocycles. The van der Waals surface area contributed by atoms with Crippen LogP contribution in [0.25, 0.3) is 0 Å². The molecule has 1 aromatic heterocycles. The summed E-state index contributed by atoms with van der Waals surface area (Å²) in [5, 5.41) is 17.1. The Morgan fingerprint density at radius 3 is 2.68 bits per heavy atom. The van der Waals surface area contributed by atoms with Crippen LogP contribution in [-0.4, -0.2) is 17.2 Å². The number of thiophene rings is 1. The third-order valence-electron chi connectivity index (χ3n) is 4.90. The van der Waals surface area contributed by atoms with Crippen molar-refractivity contribution in [1.82, 2.24) is 5.32 Å². The second kappa shape index (κ2) is 7.55. The molecule has 2 aromatic rings. The summed E-state index contributed by atoms with van der Waals surface area (Å²) < 4.78 is 0. The average molecular weight is 414 g/mol. The Morgan fingerprint density at radius 1 is 1.32 bits per heavy atom. The fourth-order valence-electron chi connectivity index (χ4n) is 4.00. The van der Waals surface area contributed by atoms with E-state index in [-0.39, 0.29) is 17.0 Å². The van der Waals surface area contributed by atoms with Crippen LogP contribution in [0.2, 0.25) is 0 Å². The number of anilines is 1. The van der Waals surface area contributed by atoms with Crippen LogP contribution in [0, 0.1) is 25.2 Å². The quantitative estimate of drug-likeness (QED) is 0.682. The highest BCUT2D eigenvalue weighted by Gasteiger charge is 2.40. The number of nitrogens with zero attached hydrogens (tertiary/aromatic N) is 1. The van der Waals surface area contributed by atoms with Gasteiger partial charge < -0.3 is 10.6 Å². The first-order valence-corrected chi connectivity index (χ1v) is 11.2. The molecular formula is C22H27N3OS2. The third-order valence-corrected chi connectivity index (χ3v) is 7.55. The lowest BCUT2D eigenvalue weighted by Gasteiger charge is -2.42. The van der Waals surface area contributed by atoms with Gasteiger partial charge in [-0.2, -0.15) is 5.26 Å². The topological polar surface area (TPSA) is 64.9 Å². The van der Waals surface area contributed by atoms with Crippen LogP contribution in [0.4, 0.5) is 5.00 Å². The monoisotopic (exact) mass is 413 g/mol. The lowest BCUT2D eigenvalue weighted by Crippen LogP contribution is -2.54. The van der Waals surface area contributed by atoms with Crippen molar-refractivity contribution >= 4 is 34.0 Å². The molecule has 1 aliphatic rings. The number of carbonyl (C=O) groups is 1. The number of rotatable bonds is 4. The molecule has 2 N–H and O–H groups in total. The van der Waals surface area contributed by atoms with E-state index in [2.05, 4.69) is 76.4 Å². The standard InChI is InChI=1S/C22H27N3OS2/c1-13-7-8-17(14(2)9-13)27-12-18(26)24-20-16(11-23)15-10-21(3,4)25-22(5,6)19(15)28-20/h7-9,25H,10,12H2,1-6H3,(H,24,26). The van der Waals surface area contributed by atoms with E-state index in [0.717, 1.165) is 21.8 Å². The maximum atomic E-state index is 12.6. The van der Waals surface area contributed by atoms with Gasteiger partial charge in [-0.3, -0.25) is 4.79 Å². The summed E-state index contributed by atoms with van der Waals surface area (Å²) in [4.78, 5) is 14.8. The van der Waals surface area contributed by atoms with Crippen molar-refractivity contribution in [1.29, 1.82) is 5.26 Å². The maximum absolute atomic E-state index is 12.6. The van der Waals surface area contributed by atoms with Crippen molar-refractivity contribution in [3.63, 3.8) is 0 Å². The zero-order valence-electron chi connectivity index (χ0n) is 17.3. The van der Waals surface area contributed by atoms with Crippen molar-refractivity contribution in [2.75, 3.05) is 11.1 Å². The molecule has 1 amide bonds. The zero-order chi connectivity index (χ0) is 20.7. The zero-order valence-corrected chi connectivity index (χ0v) is 19.0. The molecular weight excluding hydrogens is 386 g/mol. The number of nitriles is 1. The number of carbonyl (C=O) groups excluding carboxylic acids is 1. The Kier molecular flexibility index (Phi) is 5.64. The van der Waals surface area contributed by atoms with Crippen molar-refractivity contribution < 1.29 is 4.79 Å². The number of benzene rings is 1. The number of nitrogens with one attached hydrogen (secondary N) is 2. The molecule has 4 nitrogen and oxygen atoms in total. The summed E-state index contributed by atoms with van der Waals surface area (Å²) >= 11 is 3.05. The molecule has 0 saturated heterocycles. The minimum absolute atomic E-state index is 0.0786. The van der Waals surface area contributed by atoms with Crippen molar-refractivity contribution in [2.45, 2.75) is 63.9 Å². The molecule has 0 fully saturated rings. The van der Waals surface area contributed by atoms with Crippen molar-refractivity contribution in [3.05, 3.63) is 45.3 Å². The van der Waals surface area contributed by atoms with Gasteiger partial charge in [0.15, 0.2) is 0 Å². The van der Waals surface area contributed by atoms with E-state index in [9.17, 15) is 10.1 Å². The summed E-state index contributed by atoms with van der Waals surface area (Å²) in [5.41, 5.74) is 3.75. The highest BCUT2D eigenvalue weighted by Crippen LogP contribution is 2.44. The van der Waals surface area contributed by atoms with Crippen LogP contribution in [-0.2, 0) is 16.8 Å².